The summed E-state index contributed by atoms with van der Waals surface area (Å²) in [6, 6.07) is 7.96. The van der Waals surface area contributed by atoms with E-state index in [0.717, 1.165) is 18.2 Å². The predicted molar refractivity (Wildman–Crippen MR) is 118 cm³/mol. The molecule has 3 aromatic rings. The minimum atomic E-state index is -3.35. The molecule has 31 heavy (non-hydrogen) atoms. The highest BCUT2D eigenvalue weighted by atomic mass is 32.2. The maximum Gasteiger partial charge on any atom is 0.252 e. The molecule has 1 saturated carbocycles. The number of sulfone groups is 1. The molecule has 7 nitrogen and oxygen atoms in total. The molecule has 0 spiro atoms. The Morgan fingerprint density at radius 1 is 1.26 bits per heavy atom. The van der Waals surface area contributed by atoms with Crippen LogP contribution < -0.4 is 11.1 Å². The van der Waals surface area contributed by atoms with Crippen molar-refractivity contribution in [2.24, 2.45) is 5.73 Å². The molecule has 162 valence electrons. The van der Waals surface area contributed by atoms with Crippen molar-refractivity contribution in [2.45, 2.75) is 36.4 Å². The number of hydrogen-bond acceptors (Lipinski definition) is 5. The number of primary amides is 1. The quantitative estimate of drug-likeness (QED) is 0.591. The number of fused-ring (bicyclic) bond motifs is 1. The third-order valence-corrected chi connectivity index (χ3v) is 6.37. The Balaban J connectivity index is 0.00000132. The molecule has 1 amide bonds. The number of amides is 1. The first-order valence-corrected chi connectivity index (χ1v) is 11.5. The summed E-state index contributed by atoms with van der Waals surface area (Å²) in [5.41, 5.74) is 8.11. The minimum Gasteiger partial charge on any atom is -0.377 e. The number of nitrogens with zero attached hydrogens (tertiary/aromatic N) is 2. The van der Waals surface area contributed by atoms with Gasteiger partial charge in [0, 0.05) is 18.0 Å². The number of aromatic nitrogens is 2. The van der Waals surface area contributed by atoms with E-state index in [4.69, 9.17) is 5.73 Å². The number of anilines is 1. The van der Waals surface area contributed by atoms with E-state index in [9.17, 15) is 17.6 Å². The van der Waals surface area contributed by atoms with Crippen molar-refractivity contribution in [1.82, 2.24) is 9.61 Å². The van der Waals surface area contributed by atoms with Gasteiger partial charge in [0.05, 0.1) is 33.9 Å². The number of hydrogen-bond donors (Lipinski definition) is 2. The first-order chi connectivity index (χ1) is 14.7. The molecule has 0 radical (unpaired) electrons. The number of alkyl halides is 1. The van der Waals surface area contributed by atoms with Crippen molar-refractivity contribution in [3.05, 3.63) is 48.3 Å². The average Bonchev–Trinajstić information content (AvgIpc) is 3.35. The lowest BCUT2D eigenvalue weighted by Crippen LogP contribution is -2.27. The van der Waals surface area contributed by atoms with E-state index in [1.165, 1.54) is 12.3 Å². The van der Waals surface area contributed by atoms with Crippen LogP contribution in [0.4, 0.5) is 10.1 Å². The molecule has 0 bridgehead atoms. The summed E-state index contributed by atoms with van der Waals surface area (Å²) in [7, 11) is -3.35. The van der Waals surface area contributed by atoms with E-state index in [0.29, 0.717) is 29.6 Å². The lowest BCUT2D eigenvalue weighted by molar-refractivity contribution is 0.100. The second kappa shape index (κ2) is 8.78. The second-order valence-corrected chi connectivity index (χ2v) is 9.37. The molecule has 3 N–H and O–H groups in total. The molecular weight excluding hydrogens is 419 g/mol. The van der Waals surface area contributed by atoms with E-state index in [-0.39, 0.29) is 10.5 Å². The van der Waals surface area contributed by atoms with Crippen molar-refractivity contribution >= 4 is 26.9 Å². The standard InChI is InChI=1S/C20H21FN4O3S.C2H2/c1-29(27,28)14-5-2-4-12(8-14)13-9-18-19(24-17-7-3-6-16(17)21)15(20(22)26)10-23-25(18)11-13;1-2/h2,4-5,8-11,16-17,24H,3,6-7H2,1H3,(H2,22,26);1-2H/t16-,17+;/m0./s1. The fraction of sp³-hybridized carbons (Fsp3) is 0.273. The van der Waals surface area contributed by atoms with Gasteiger partial charge in [0.2, 0.25) is 0 Å². The van der Waals surface area contributed by atoms with Crippen molar-refractivity contribution in [3.8, 4) is 24.0 Å². The summed E-state index contributed by atoms with van der Waals surface area (Å²) in [6.45, 7) is 0. The normalized spacial score (nSPS) is 18.3. The second-order valence-electron chi connectivity index (χ2n) is 7.35. The molecule has 4 rings (SSSR count). The molecule has 9 heteroatoms. The summed E-state index contributed by atoms with van der Waals surface area (Å²) in [6.07, 6.45) is 13.2. The molecular formula is C22H23FN4O3S. The summed E-state index contributed by atoms with van der Waals surface area (Å²) in [5, 5.41) is 7.39. The first-order valence-electron chi connectivity index (χ1n) is 9.59. The molecule has 1 aliphatic carbocycles. The average molecular weight is 443 g/mol. The van der Waals surface area contributed by atoms with Crippen LogP contribution >= 0.6 is 0 Å². The number of terminal acetylenes is 1. The van der Waals surface area contributed by atoms with Crippen LogP contribution in [-0.2, 0) is 9.84 Å². The van der Waals surface area contributed by atoms with Gasteiger partial charge < -0.3 is 11.1 Å². The highest BCUT2D eigenvalue weighted by molar-refractivity contribution is 7.90. The van der Waals surface area contributed by atoms with Crippen molar-refractivity contribution in [1.29, 1.82) is 0 Å². The van der Waals surface area contributed by atoms with E-state index in [1.807, 2.05) is 0 Å². The zero-order chi connectivity index (χ0) is 22.8. The zero-order valence-electron chi connectivity index (χ0n) is 17.0. The van der Waals surface area contributed by atoms with Crippen LogP contribution in [0, 0.1) is 12.8 Å². The Hall–Kier alpha value is -3.38. The Morgan fingerprint density at radius 3 is 2.61 bits per heavy atom. The molecule has 2 heterocycles. The lowest BCUT2D eigenvalue weighted by atomic mass is 10.1. The maximum atomic E-state index is 14.2. The molecule has 1 fully saturated rings. The summed E-state index contributed by atoms with van der Waals surface area (Å²) >= 11 is 0. The molecule has 2 aromatic heterocycles. The van der Waals surface area contributed by atoms with Gasteiger partial charge in [-0.1, -0.05) is 12.1 Å². The van der Waals surface area contributed by atoms with Crippen LogP contribution in [0.25, 0.3) is 16.6 Å². The van der Waals surface area contributed by atoms with E-state index in [1.54, 1.807) is 35.0 Å². The van der Waals surface area contributed by atoms with Crippen molar-refractivity contribution in [3.63, 3.8) is 0 Å². The number of benzene rings is 1. The molecule has 0 saturated heterocycles. The van der Waals surface area contributed by atoms with Crippen LogP contribution in [0.15, 0.2) is 47.6 Å². The predicted octanol–water partition coefficient (Wildman–Crippen LogP) is 3.06. The Labute approximate surface area is 180 Å². The van der Waals surface area contributed by atoms with Gasteiger partial charge in [0.25, 0.3) is 5.91 Å². The van der Waals surface area contributed by atoms with Crippen molar-refractivity contribution in [2.75, 3.05) is 11.6 Å². The first kappa shape index (κ1) is 22.3. The topological polar surface area (TPSA) is 107 Å². The number of nitrogens with two attached hydrogens (primary N) is 1. The lowest BCUT2D eigenvalue weighted by Gasteiger charge is -2.19. The Kier molecular flexibility index (Phi) is 6.32. The number of nitrogens with one attached hydrogen (secondary N) is 1. The van der Waals surface area contributed by atoms with E-state index >= 15 is 0 Å². The van der Waals surface area contributed by atoms with Gasteiger partial charge in [0.15, 0.2) is 9.84 Å². The third-order valence-electron chi connectivity index (χ3n) is 5.26. The van der Waals surface area contributed by atoms with Gasteiger partial charge >= 0.3 is 0 Å². The van der Waals surface area contributed by atoms with Gasteiger partial charge in [-0.2, -0.15) is 5.10 Å². The van der Waals surface area contributed by atoms with Crippen molar-refractivity contribution < 1.29 is 17.6 Å². The molecule has 1 aliphatic rings. The van der Waals surface area contributed by atoms with Crippen LogP contribution in [-0.4, -0.2) is 42.4 Å². The number of rotatable bonds is 5. The fourth-order valence-electron chi connectivity index (χ4n) is 3.72. The molecule has 0 unspecified atom stereocenters. The molecule has 1 aromatic carbocycles. The Bertz CT molecular complexity index is 1250. The number of carbonyl (C=O) groups is 1. The smallest absolute Gasteiger partial charge is 0.252 e. The van der Waals surface area contributed by atoms with Crippen LogP contribution in [0.3, 0.4) is 0 Å². The van der Waals surface area contributed by atoms with Gasteiger partial charge in [-0.05, 0) is 43.0 Å². The largest absolute Gasteiger partial charge is 0.377 e. The van der Waals surface area contributed by atoms with Crippen LogP contribution in [0.1, 0.15) is 29.6 Å². The number of halogens is 1. The van der Waals surface area contributed by atoms with Crippen LogP contribution in [0.5, 0.6) is 0 Å². The third kappa shape index (κ3) is 4.54. The molecule has 0 aliphatic heterocycles. The Morgan fingerprint density at radius 2 is 2.00 bits per heavy atom. The number of carbonyl (C=O) groups excluding carboxylic acids is 1. The zero-order valence-corrected chi connectivity index (χ0v) is 17.8. The minimum absolute atomic E-state index is 0.186. The van der Waals surface area contributed by atoms with Gasteiger partial charge in [0.1, 0.15) is 6.17 Å². The summed E-state index contributed by atoms with van der Waals surface area (Å²) < 4.78 is 39.5. The summed E-state index contributed by atoms with van der Waals surface area (Å²) in [4.78, 5) is 12.1. The fourth-order valence-corrected chi connectivity index (χ4v) is 4.39. The summed E-state index contributed by atoms with van der Waals surface area (Å²) in [5.74, 6) is -0.655. The van der Waals surface area contributed by atoms with Crippen LogP contribution in [0.2, 0.25) is 0 Å². The monoisotopic (exact) mass is 442 g/mol. The highest BCUT2D eigenvalue weighted by Gasteiger charge is 2.29. The maximum absolute atomic E-state index is 14.2. The highest BCUT2D eigenvalue weighted by Crippen LogP contribution is 2.32. The molecule has 2 atom stereocenters. The van der Waals surface area contributed by atoms with Gasteiger partial charge in [-0.15, -0.1) is 12.8 Å². The van der Waals surface area contributed by atoms with E-state index < -0.39 is 28.0 Å². The SMILES string of the molecule is C#C.CS(=O)(=O)c1cccc(-c2cc3c(N[C@@H]4CCC[C@@H]4F)c(C(N)=O)cnn3c2)c1. The van der Waals surface area contributed by atoms with Gasteiger partial charge in [-0.3, -0.25) is 4.79 Å². The van der Waals surface area contributed by atoms with E-state index in [2.05, 4.69) is 23.3 Å². The van der Waals surface area contributed by atoms with Gasteiger partial charge in [-0.25, -0.2) is 17.3 Å².